The molecule has 0 bridgehead atoms. The van der Waals surface area contributed by atoms with Gasteiger partial charge in [-0.25, -0.2) is 14.4 Å². The number of aromatic nitrogens is 2. The van der Waals surface area contributed by atoms with Gasteiger partial charge in [0, 0.05) is 12.4 Å². The fraction of sp³-hybridized carbons (Fsp3) is 0. The second kappa shape index (κ2) is 4.36. The summed E-state index contributed by atoms with van der Waals surface area (Å²) in [6.45, 7) is 0. The maximum absolute atomic E-state index is 13.2. The number of halogens is 1. The van der Waals surface area contributed by atoms with Gasteiger partial charge in [0.25, 0.3) is 0 Å². The van der Waals surface area contributed by atoms with Crippen LogP contribution in [-0.4, -0.2) is 9.97 Å². The van der Waals surface area contributed by atoms with E-state index < -0.39 is 5.82 Å². The molecule has 78 valence electrons. The van der Waals surface area contributed by atoms with Crippen molar-refractivity contribution in [1.29, 1.82) is 5.26 Å². The molecule has 1 aromatic heterocycles. The summed E-state index contributed by atoms with van der Waals surface area (Å²) in [7, 11) is 0. The molecule has 16 heavy (non-hydrogen) atoms. The Labute approximate surface area is 91.0 Å². The Bertz CT molecular complexity index is 537. The summed E-state index contributed by atoms with van der Waals surface area (Å²) < 4.78 is 18.4. The van der Waals surface area contributed by atoms with Crippen LogP contribution in [0.1, 0.15) is 5.56 Å². The van der Waals surface area contributed by atoms with Crippen LogP contribution in [0.5, 0.6) is 11.8 Å². The van der Waals surface area contributed by atoms with E-state index in [0.29, 0.717) is 0 Å². The highest BCUT2D eigenvalue weighted by Crippen LogP contribution is 2.23. The van der Waals surface area contributed by atoms with Crippen molar-refractivity contribution in [3.8, 4) is 17.8 Å². The number of hydrogen-bond donors (Lipinski definition) is 0. The second-order valence-corrected chi connectivity index (χ2v) is 2.86. The van der Waals surface area contributed by atoms with Crippen molar-refractivity contribution in [3.63, 3.8) is 0 Å². The third-order valence-corrected chi connectivity index (χ3v) is 1.83. The minimum Gasteiger partial charge on any atom is -0.423 e. The number of benzene rings is 1. The standard InChI is InChI=1S/C11H6FN3O/c12-9-3-1-4-10(8(9)7-13)16-11-14-5-2-6-15-11/h1-6H. The molecular weight excluding hydrogens is 209 g/mol. The van der Waals surface area contributed by atoms with E-state index in [1.165, 1.54) is 30.6 Å². The van der Waals surface area contributed by atoms with Gasteiger partial charge in [-0.15, -0.1) is 0 Å². The van der Waals surface area contributed by atoms with Crippen molar-refractivity contribution in [2.45, 2.75) is 0 Å². The number of hydrogen-bond acceptors (Lipinski definition) is 4. The van der Waals surface area contributed by atoms with Gasteiger partial charge in [-0.3, -0.25) is 0 Å². The summed E-state index contributed by atoms with van der Waals surface area (Å²) >= 11 is 0. The van der Waals surface area contributed by atoms with Crippen LogP contribution in [0.2, 0.25) is 0 Å². The summed E-state index contributed by atoms with van der Waals surface area (Å²) in [4.78, 5) is 7.63. The minimum atomic E-state index is -0.629. The SMILES string of the molecule is N#Cc1c(F)cccc1Oc1ncccn1. The highest BCUT2D eigenvalue weighted by Gasteiger charge is 2.10. The zero-order chi connectivity index (χ0) is 11.4. The molecule has 0 spiro atoms. The van der Waals surface area contributed by atoms with Crippen LogP contribution >= 0.6 is 0 Å². The highest BCUT2D eigenvalue weighted by molar-refractivity contribution is 5.44. The lowest BCUT2D eigenvalue weighted by atomic mass is 10.2. The third-order valence-electron chi connectivity index (χ3n) is 1.83. The Morgan fingerprint density at radius 1 is 1.19 bits per heavy atom. The van der Waals surface area contributed by atoms with Crippen LogP contribution < -0.4 is 4.74 Å². The molecule has 0 amide bonds. The van der Waals surface area contributed by atoms with Crippen LogP contribution in [0, 0.1) is 17.1 Å². The summed E-state index contributed by atoms with van der Waals surface area (Å²) in [5, 5.41) is 8.77. The average molecular weight is 215 g/mol. The fourth-order valence-electron chi connectivity index (χ4n) is 1.13. The largest absolute Gasteiger partial charge is 0.423 e. The molecule has 0 saturated carbocycles. The first-order chi connectivity index (χ1) is 7.81. The van der Waals surface area contributed by atoms with Gasteiger partial charge in [-0.05, 0) is 18.2 Å². The third kappa shape index (κ3) is 1.96. The van der Waals surface area contributed by atoms with Crippen LogP contribution in [0.3, 0.4) is 0 Å². The van der Waals surface area contributed by atoms with Crippen LogP contribution in [0.4, 0.5) is 4.39 Å². The first-order valence-electron chi connectivity index (χ1n) is 4.45. The van der Waals surface area contributed by atoms with E-state index in [0.717, 1.165) is 0 Å². The van der Waals surface area contributed by atoms with E-state index in [1.54, 1.807) is 12.1 Å². The number of nitrogens with zero attached hydrogens (tertiary/aromatic N) is 3. The van der Waals surface area contributed by atoms with E-state index in [-0.39, 0.29) is 17.3 Å². The second-order valence-electron chi connectivity index (χ2n) is 2.86. The lowest BCUT2D eigenvalue weighted by Crippen LogP contribution is -1.94. The first kappa shape index (κ1) is 10.1. The fourth-order valence-corrected chi connectivity index (χ4v) is 1.13. The molecule has 0 N–H and O–H groups in total. The van der Waals surface area contributed by atoms with Gasteiger partial charge in [0.1, 0.15) is 17.4 Å². The molecule has 0 aliphatic rings. The van der Waals surface area contributed by atoms with Crippen molar-refractivity contribution in [3.05, 3.63) is 48.0 Å². The maximum atomic E-state index is 13.2. The Morgan fingerprint density at radius 3 is 2.62 bits per heavy atom. The molecule has 0 saturated heterocycles. The molecule has 0 fully saturated rings. The molecule has 0 unspecified atom stereocenters. The zero-order valence-electron chi connectivity index (χ0n) is 8.09. The zero-order valence-corrected chi connectivity index (χ0v) is 8.09. The van der Waals surface area contributed by atoms with E-state index in [2.05, 4.69) is 9.97 Å². The van der Waals surface area contributed by atoms with Gasteiger partial charge < -0.3 is 4.74 Å². The van der Waals surface area contributed by atoms with Gasteiger partial charge in [0.15, 0.2) is 5.75 Å². The van der Waals surface area contributed by atoms with Gasteiger partial charge >= 0.3 is 6.01 Å². The Morgan fingerprint density at radius 2 is 1.94 bits per heavy atom. The molecule has 0 radical (unpaired) electrons. The summed E-state index contributed by atoms with van der Waals surface area (Å²) in [6.07, 6.45) is 2.99. The molecule has 0 atom stereocenters. The topological polar surface area (TPSA) is 58.8 Å². The maximum Gasteiger partial charge on any atom is 0.321 e. The van der Waals surface area contributed by atoms with Crippen molar-refractivity contribution < 1.29 is 9.13 Å². The van der Waals surface area contributed by atoms with Crippen molar-refractivity contribution in [2.75, 3.05) is 0 Å². The molecule has 2 rings (SSSR count). The molecule has 4 nitrogen and oxygen atoms in total. The van der Waals surface area contributed by atoms with Crippen molar-refractivity contribution >= 4 is 0 Å². The minimum absolute atomic E-state index is 0.0737. The smallest absolute Gasteiger partial charge is 0.321 e. The Hall–Kier alpha value is -2.48. The lowest BCUT2D eigenvalue weighted by Gasteiger charge is -2.04. The van der Waals surface area contributed by atoms with Gasteiger partial charge in [-0.1, -0.05) is 6.07 Å². The van der Waals surface area contributed by atoms with Gasteiger partial charge in [0.05, 0.1) is 0 Å². The Kier molecular flexibility index (Phi) is 2.74. The average Bonchev–Trinajstić information content (AvgIpc) is 2.31. The predicted octanol–water partition coefficient (Wildman–Crippen LogP) is 2.28. The molecule has 1 heterocycles. The number of rotatable bonds is 2. The van der Waals surface area contributed by atoms with Crippen molar-refractivity contribution in [1.82, 2.24) is 9.97 Å². The number of ether oxygens (including phenoxy) is 1. The van der Waals surface area contributed by atoms with Crippen LogP contribution in [0.15, 0.2) is 36.7 Å². The Balaban J connectivity index is 2.36. The quantitative estimate of drug-likeness (QED) is 0.771. The number of nitriles is 1. The van der Waals surface area contributed by atoms with E-state index >= 15 is 0 Å². The molecule has 5 heteroatoms. The molecular formula is C11H6FN3O. The molecule has 2 aromatic rings. The molecule has 0 aliphatic heterocycles. The predicted molar refractivity (Wildman–Crippen MR) is 53.2 cm³/mol. The summed E-state index contributed by atoms with van der Waals surface area (Å²) in [5.41, 5.74) is -0.157. The first-order valence-corrected chi connectivity index (χ1v) is 4.45. The summed E-state index contributed by atoms with van der Waals surface area (Å²) in [6, 6.07) is 7.56. The van der Waals surface area contributed by atoms with Crippen LogP contribution in [0.25, 0.3) is 0 Å². The molecule has 0 aliphatic carbocycles. The van der Waals surface area contributed by atoms with Gasteiger partial charge in [-0.2, -0.15) is 5.26 Å². The lowest BCUT2D eigenvalue weighted by molar-refractivity contribution is 0.436. The van der Waals surface area contributed by atoms with E-state index in [9.17, 15) is 4.39 Å². The van der Waals surface area contributed by atoms with Crippen molar-refractivity contribution in [2.24, 2.45) is 0 Å². The van der Waals surface area contributed by atoms with Crippen LogP contribution in [-0.2, 0) is 0 Å². The van der Waals surface area contributed by atoms with E-state index in [1.807, 2.05) is 0 Å². The summed E-state index contributed by atoms with van der Waals surface area (Å²) in [5.74, 6) is -0.523. The normalized spacial score (nSPS) is 9.50. The highest BCUT2D eigenvalue weighted by atomic mass is 19.1. The van der Waals surface area contributed by atoms with E-state index in [4.69, 9.17) is 10.00 Å². The van der Waals surface area contributed by atoms with Gasteiger partial charge in [0.2, 0.25) is 0 Å². The monoisotopic (exact) mass is 215 g/mol. The molecule has 1 aromatic carbocycles.